The number of carbonyl (C=O) groups excluding carboxylic acids is 1. The molecule has 10 heteroatoms. The van der Waals surface area contributed by atoms with Gasteiger partial charge >= 0.3 is 6.18 Å². The Morgan fingerprint density at radius 2 is 1.89 bits per heavy atom. The molecule has 5 rings (SSSR count). The topological polar surface area (TPSA) is 73.1 Å². The van der Waals surface area contributed by atoms with E-state index < -0.39 is 24.7 Å². The number of aryl methyl sites for hydroxylation is 2. The monoisotopic (exact) mass is 521 g/mol. The van der Waals surface area contributed by atoms with Crippen LogP contribution in [0.3, 0.4) is 0 Å². The van der Waals surface area contributed by atoms with Crippen LogP contribution in [0, 0.1) is 0 Å². The number of alkyl halides is 3. The van der Waals surface area contributed by atoms with E-state index in [1.54, 1.807) is 43.8 Å². The molecule has 0 fully saturated rings. The molecule has 2 aromatic heterocycles. The van der Waals surface area contributed by atoms with Gasteiger partial charge in [-0.05, 0) is 60.7 Å². The Kier molecular flexibility index (Phi) is 6.88. The Labute approximate surface area is 217 Å². The highest BCUT2D eigenvalue weighted by molar-refractivity contribution is 5.97. The fourth-order valence-electron chi connectivity index (χ4n) is 4.78. The second-order valence-corrected chi connectivity index (χ2v) is 9.11. The van der Waals surface area contributed by atoms with Crippen LogP contribution in [0.5, 0.6) is 5.75 Å². The van der Waals surface area contributed by atoms with Crippen LogP contribution in [0.15, 0.2) is 67.0 Å². The molecular formula is C28H26F3N5O2. The zero-order valence-corrected chi connectivity index (χ0v) is 20.9. The van der Waals surface area contributed by atoms with E-state index in [2.05, 4.69) is 15.3 Å². The van der Waals surface area contributed by atoms with Crippen molar-refractivity contribution in [3.8, 4) is 28.1 Å². The molecule has 0 saturated heterocycles. The van der Waals surface area contributed by atoms with Crippen molar-refractivity contribution in [3.63, 3.8) is 0 Å². The van der Waals surface area contributed by atoms with Crippen LogP contribution in [0.4, 0.5) is 18.9 Å². The normalized spacial score (nSPS) is 15.8. The van der Waals surface area contributed by atoms with Crippen LogP contribution in [0.1, 0.15) is 30.6 Å². The lowest BCUT2D eigenvalue weighted by molar-refractivity contribution is -0.134. The summed E-state index contributed by atoms with van der Waals surface area (Å²) in [4.78, 5) is 18.6. The van der Waals surface area contributed by atoms with E-state index in [4.69, 9.17) is 4.74 Å². The number of aromatic nitrogens is 4. The van der Waals surface area contributed by atoms with Crippen molar-refractivity contribution in [3.05, 3.63) is 78.2 Å². The molecule has 1 amide bonds. The van der Waals surface area contributed by atoms with Crippen LogP contribution in [0.25, 0.3) is 22.4 Å². The number of anilines is 1. The van der Waals surface area contributed by atoms with Gasteiger partial charge in [-0.3, -0.25) is 9.78 Å². The molecule has 1 unspecified atom stereocenters. The number of carbonyl (C=O) groups is 1. The zero-order chi connectivity index (χ0) is 26.9. The number of pyridine rings is 1. The van der Waals surface area contributed by atoms with Crippen molar-refractivity contribution < 1.29 is 22.7 Å². The van der Waals surface area contributed by atoms with Crippen LogP contribution in [-0.4, -0.2) is 45.7 Å². The molecule has 1 atom stereocenters. The van der Waals surface area contributed by atoms with Crippen LogP contribution in [-0.2, 0) is 17.6 Å². The lowest BCUT2D eigenvalue weighted by atomic mass is 10.0. The number of halogens is 3. The van der Waals surface area contributed by atoms with Gasteiger partial charge in [0.1, 0.15) is 24.0 Å². The average molecular weight is 522 g/mol. The van der Waals surface area contributed by atoms with Crippen molar-refractivity contribution in [2.75, 3.05) is 18.6 Å². The van der Waals surface area contributed by atoms with Gasteiger partial charge in [-0.25, -0.2) is 4.68 Å². The molecule has 0 N–H and O–H groups in total. The van der Waals surface area contributed by atoms with Gasteiger partial charge in [0.2, 0.25) is 0 Å². The number of ether oxygens (including phenoxy) is 1. The van der Waals surface area contributed by atoms with Crippen LogP contribution >= 0.6 is 0 Å². The minimum atomic E-state index is -4.55. The standard InChI is InChI=1S/C28H26F3N5O2/c1-3-21-14-19(12-13-32-21)22-10-8-20(15-26(22)38-2)23-16-36(34-33-23)25-11-9-18-6-4-5-7-24(18)35(27(25)37)17-28(29,30)31/h4-8,10,12-16,25H,3,9,11,17H2,1-2H3. The predicted molar refractivity (Wildman–Crippen MR) is 137 cm³/mol. The Bertz CT molecular complexity index is 1470. The lowest BCUT2D eigenvalue weighted by Crippen LogP contribution is -2.42. The predicted octanol–water partition coefficient (Wildman–Crippen LogP) is 5.66. The van der Waals surface area contributed by atoms with E-state index in [0.717, 1.165) is 28.1 Å². The smallest absolute Gasteiger partial charge is 0.406 e. The number of methoxy groups -OCH3 is 1. The van der Waals surface area contributed by atoms with E-state index in [1.807, 2.05) is 37.3 Å². The third kappa shape index (κ3) is 5.11. The van der Waals surface area contributed by atoms with E-state index >= 15 is 0 Å². The minimum absolute atomic E-state index is 0.278. The summed E-state index contributed by atoms with van der Waals surface area (Å²) in [5.41, 5.74) is 4.98. The number of hydrogen-bond donors (Lipinski definition) is 0. The van der Waals surface area contributed by atoms with Gasteiger partial charge in [0.05, 0.1) is 13.3 Å². The third-order valence-corrected chi connectivity index (χ3v) is 6.67. The highest BCUT2D eigenvalue weighted by Gasteiger charge is 2.39. The minimum Gasteiger partial charge on any atom is -0.496 e. The number of fused-ring (bicyclic) bond motifs is 1. The Hall–Kier alpha value is -4.21. The molecule has 4 aromatic rings. The Morgan fingerprint density at radius 3 is 2.66 bits per heavy atom. The second-order valence-electron chi connectivity index (χ2n) is 9.11. The summed E-state index contributed by atoms with van der Waals surface area (Å²) < 4.78 is 47.3. The average Bonchev–Trinajstić information content (AvgIpc) is 3.36. The van der Waals surface area contributed by atoms with E-state index in [9.17, 15) is 18.0 Å². The van der Waals surface area contributed by atoms with Gasteiger partial charge in [0.15, 0.2) is 0 Å². The SMILES string of the molecule is CCc1cc(-c2ccc(-c3cn(C4CCc5ccccc5N(CC(F)(F)F)C4=O)nn3)cc2OC)ccn1. The molecule has 0 bridgehead atoms. The summed E-state index contributed by atoms with van der Waals surface area (Å²) in [6.45, 7) is 0.671. The molecule has 1 aliphatic rings. The van der Waals surface area contributed by atoms with Crippen LogP contribution < -0.4 is 9.64 Å². The molecule has 38 heavy (non-hydrogen) atoms. The van der Waals surface area contributed by atoms with Crippen molar-refractivity contribution in [2.45, 2.75) is 38.4 Å². The van der Waals surface area contributed by atoms with Gasteiger partial charge < -0.3 is 9.64 Å². The maximum atomic E-state index is 13.4. The number of amides is 1. The summed E-state index contributed by atoms with van der Waals surface area (Å²) in [5.74, 6) is -0.0382. The van der Waals surface area contributed by atoms with E-state index in [0.29, 0.717) is 35.4 Å². The summed E-state index contributed by atoms with van der Waals surface area (Å²) in [6.07, 6.45) is 0.359. The quantitative estimate of drug-likeness (QED) is 0.327. The highest BCUT2D eigenvalue weighted by Crippen LogP contribution is 2.36. The third-order valence-electron chi connectivity index (χ3n) is 6.67. The number of hydrogen-bond acceptors (Lipinski definition) is 5. The number of benzene rings is 2. The van der Waals surface area contributed by atoms with Gasteiger partial charge in [-0.2, -0.15) is 13.2 Å². The van der Waals surface area contributed by atoms with Crippen molar-refractivity contribution in [1.29, 1.82) is 0 Å². The maximum Gasteiger partial charge on any atom is 0.406 e. The molecule has 0 saturated carbocycles. The largest absolute Gasteiger partial charge is 0.496 e. The molecule has 0 spiro atoms. The molecule has 0 radical (unpaired) electrons. The number of rotatable bonds is 6. The molecule has 196 valence electrons. The van der Waals surface area contributed by atoms with Crippen molar-refractivity contribution in [1.82, 2.24) is 20.0 Å². The molecule has 2 aromatic carbocycles. The Morgan fingerprint density at radius 1 is 1.08 bits per heavy atom. The highest BCUT2D eigenvalue weighted by atomic mass is 19.4. The zero-order valence-electron chi connectivity index (χ0n) is 20.9. The van der Waals surface area contributed by atoms with Crippen molar-refractivity contribution in [2.24, 2.45) is 0 Å². The van der Waals surface area contributed by atoms with Gasteiger partial charge in [-0.15, -0.1) is 5.10 Å². The van der Waals surface area contributed by atoms with E-state index in [1.165, 1.54) is 4.68 Å². The van der Waals surface area contributed by atoms with Gasteiger partial charge in [-0.1, -0.05) is 36.4 Å². The van der Waals surface area contributed by atoms with Crippen LogP contribution in [0.2, 0.25) is 0 Å². The number of para-hydroxylation sites is 1. The lowest BCUT2D eigenvalue weighted by Gasteiger charge is -2.26. The maximum absolute atomic E-state index is 13.4. The first-order valence-electron chi connectivity index (χ1n) is 12.3. The number of nitrogens with zero attached hydrogens (tertiary/aromatic N) is 5. The second kappa shape index (κ2) is 10.3. The summed E-state index contributed by atoms with van der Waals surface area (Å²) >= 11 is 0. The summed E-state index contributed by atoms with van der Waals surface area (Å²) in [7, 11) is 1.58. The van der Waals surface area contributed by atoms with E-state index in [-0.39, 0.29) is 5.69 Å². The first-order valence-corrected chi connectivity index (χ1v) is 12.3. The fourth-order valence-corrected chi connectivity index (χ4v) is 4.78. The van der Waals surface area contributed by atoms with Gasteiger partial charge in [0.25, 0.3) is 5.91 Å². The molecule has 1 aliphatic heterocycles. The molecule has 7 nitrogen and oxygen atoms in total. The molecule has 0 aliphatic carbocycles. The van der Waals surface area contributed by atoms with Gasteiger partial charge in [0, 0.05) is 28.7 Å². The summed E-state index contributed by atoms with van der Waals surface area (Å²) in [6, 6.07) is 15.3. The first kappa shape index (κ1) is 25.4. The Balaban J connectivity index is 1.46. The first-order chi connectivity index (χ1) is 18.3. The molecular weight excluding hydrogens is 495 g/mol. The summed E-state index contributed by atoms with van der Waals surface area (Å²) in [5, 5.41) is 8.38. The fraction of sp³-hybridized carbons (Fsp3) is 0.286. The van der Waals surface area contributed by atoms with Crippen molar-refractivity contribution >= 4 is 11.6 Å². The molecule has 3 heterocycles.